The van der Waals surface area contributed by atoms with Crippen LogP contribution in [0.15, 0.2) is 42.5 Å². The average molecular weight is 364 g/mol. The normalized spacial score (nSPS) is 13.4. The molecule has 2 aromatic carbocycles. The van der Waals surface area contributed by atoms with Gasteiger partial charge in [-0.3, -0.25) is 4.79 Å². The standard InChI is InChI=1S/C18H18ClNO5/c19-15-4-2-1-3-12(15)7-18(22)20-9-13(21)10-23-14-5-6-16-17(8-14)25-11-24-16/h1-6,8,13,21H,7,9-11H2,(H,20,22)/t13-/m1/s1. The Morgan fingerprint density at radius 3 is 2.88 bits per heavy atom. The summed E-state index contributed by atoms with van der Waals surface area (Å²) in [6.07, 6.45) is -0.671. The molecule has 0 spiro atoms. The first-order chi connectivity index (χ1) is 12.1. The number of benzene rings is 2. The van der Waals surface area contributed by atoms with Gasteiger partial charge in [-0.25, -0.2) is 0 Å². The van der Waals surface area contributed by atoms with Crippen molar-refractivity contribution >= 4 is 17.5 Å². The first-order valence-corrected chi connectivity index (χ1v) is 8.20. The Labute approximate surface area is 150 Å². The van der Waals surface area contributed by atoms with E-state index in [4.69, 9.17) is 25.8 Å². The minimum atomic E-state index is -0.833. The molecule has 132 valence electrons. The van der Waals surface area contributed by atoms with Crippen molar-refractivity contribution in [3.05, 3.63) is 53.1 Å². The van der Waals surface area contributed by atoms with Gasteiger partial charge >= 0.3 is 0 Å². The van der Waals surface area contributed by atoms with Gasteiger partial charge in [-0.15, -0.1) is 0 Å². The van der Waals surface area contributed by atoms with E-state index in [9.17, 15) is 9.90 Å². The molecule has 0 bridgehead atoms. The maximum atomic E-state index is 11.9. The Kier molecular flexibility index (Phi) is 5.63. The molecule has 1 aliphatic heterocycles. The van der Waals surface area contributed by atoms with Crippen LogP contribution in [0.4, 0.5) is 0 Å². The third-order valence-electron chi connectivity index (χ3n) is 3.63. The van der Waals surface area contributed by atoms with Crippen LogP contribution < -0.4 is 19.5 Å². The van der Waals surface area contributed by atoms with Gasteiger partial charge in [0, 0.05) is 17.6 Å². The fourth-order valence-corrected chi connectivity index (χ4v) is 2.53. The van der Waals surface area contributed by atoms with E-state index in [2.05, 4.69) is 5.32 Å². The second-order valence-electron chi connectivity index (χ2n) is 5.55. The van der Waals surface area contributed by atoms with Crippen molar-refractivity contribution in [1.29, 1.82) is 0 Å². The number of aliphatic hydroxyl groups excluding tert-OH is 1. The minimum Gasteiger partial charge on any atom is -0.491 e. The lowest BCUT2D eigenvalue weighted by Crippen LogP contribution is -2.36. The molecule has 2 N–H and O–H groups in total. The number of aliphatic hydroxyl groups is 1. The van der Waals surface area contributed by atoms with Crippen molar-refractivity contribution in [3.8, 4) is 17.2 Å². The molecule has 1 amide bonds. The van der Waals surface area contributed by atoms with Crippen molar-refractivity contribution in [2.45, 2.75) is 12.5 Å². The van der Waals surface area contributed by atoms with Gasteiger partial charge in [0.05, 0.1) is 6.42 Å². The average Bonchev–Trinajstić information content (AvgIpc) is 3.08. The molecule has 1 heterocycles. The van der Waals surface area contributed by atoms with E-state index >= 15 is 0 Å². The van der Waals surface area contributed by atoms with Crippen LogP contribution in [0.3, 0.4) is 0 Å². The molecule has 0 saturated heterocycles. The second-order valence-corrected chi connectivity index (χ2v) is 5.96. The number of rotatable bonds is 7. The molecule has 0 aromatic heterocycles. The van der Waals surface area contributed by atoms with Gasteiger partial charge in [-0.05, 0) is 23.8 Å². The molecule has 2 aromatic rings. The molecule has 6 nitrogen and oxygen atoms in total. The van der Waals surface area contributed by atoms with E-state index in [0.717, 1.165) is 5.56 Å². The number of nitrogens with one attached hydrogen (secondary N) is 1. The largest absolute Gasteiger partial charge is 0.491 e. The van der Waals surface area contributed by atoms with Gasteiger partial charge < -0.3 is 24.6 Å². The van der Waals surface area contributed by atoms with E-state index in [1.807, 2.05) is 6.07 Å². The van der Waals surface area contributed by atoms with Crippen LogP contribution in [0.2, 0.25) is 5.02 Å². The molecule has 7 heteroatoms. The highest BCUT2D eigenvalue weighted by Crippen LogP contribution is 2.35. The fourth-order valence-electron chi connectivity index (χ4n) is 2.33. The first kappa shape index (κ1) is 17.4. The van der Waals surface area contributed by atoms with Gasteiger partial charge in [-0.1, -0.05) is 29.8 Å². The molecule has 0 unspecified atom stereocenters. The number of carbonyl (C=O) groups is 1. The van der Waals surface area contributed by atoms with Crippen LogP contribution in [0, 0.1) is 0 Å². The SMILES string of the molecule is O=C(Cc1ccccc1Cl)NC[C@@H](O)COc1ccc2c(c1)OCO2. The summed E-state index contributed by atoms with van der Waals surface area (Å²) < 4.78 is 16.0. The number of halogens is 1. The highest BCUT2D eigenvalue weighted by atomic mass is 35.5. The van der Waals surface area contributed by atoms with E-state index in [0.29, 0.717) is 22.3 Å². The predicted molar refractivity (Wildman–Crippen MR) is 92.2 cm³/mol. The zero-order valence-electron chi connectivity index (χ0n) is 13.4. The quantitative estimate of drug-likeness (QED) is 0.788. The van der Waals surface area contributed by atoms with Gasteiger partial charge in [0.2, 0.25) is 12.7 Å². The highest BCUT2D eigenvalue weighted by molar-refractivity contribution is 6.31. The first-order valence-electron chi connectivity index (χ1n) is 7.82. The van der Waals surface area contributed by atoms with E-state index in [1.54, 1.807) is 36.4 Å². The number of fused-ring (bicyclic) bond motifs is 1. The summed E-state index contributed by atoms with van der Waals surface area (Å²) in [4.78, 5) is 11.9. The number of amides is 1. The zero-order valence-corrected chi connectivity index (χ0v) is 14.2. The Balaban J connectivity index is 1.41. The Morgan fingerprint density at radius 1 is 1.24 bits per heavy atom. The van der Waals surface area contributed by atoms with Crippen molar-refractivity contribution in [3.63, 3.8) is 0 Å². The molecule has 25 heavy (non-hydrogen) atoms. The van der Waals surface area contributed by atoms with Crippen LogP contribution in [0.1, 0.15) is 5.56 Å². The molecular formula is C18H18ClNO5. The lowest BCUT2D eigenvalue weighted by Gasteiger charge is -2.14. The van der Waals surface area contributed by atoms with E-state index in [-0.39, 0.29) is 32.3 Å². The summed E-state index contributed by atoms with van der Waals surface area (Å²) in [5, 5.41) is 13.2. The highest BCUT2D eigenvalue weighted by Gasteiger charge is 2.15. The van der Waals surface area contributed by atoms with Gasteiger partial charge in [0.1, 0.15) is 18.5 Å². The van der Waals surface area contributed by atoms with Crippen LogP contribution >= 0.6 is 11.6 Å². The summed E-state index contributed by atoms with van der Waals surface area (Å²) in [6.45, 7) is 0.332. The summed E-state index contributed by atoms with van der Waals surface area (Å²) in [7, 11) is 0. The molecule has 3 rings (SSSR count). The fraction of sp³-hybridized carbons (Fsp3) is 0.278. The van der Waals surface area contributed by atoms with Crippen molar-refractivity contribution in [2.75, 3.05) is 19.9 Å². The maximum Gasteiger partial charge on any atom is 0.231 e. The van der Waals surface area contributed by atoms with Gasteiger partial charge in [0.15, 0.2) is 11.5 Å². The third-order valence-corrected chi connectivity index (χ3v) is 4.00. The van der Waals surface area contributed by atoms with Crippen molar-refractivity contribution < 1.29 is 24.1 Å². The van der Waals surface area contributed by atoms with Crippen LogP contribution in [0.5, 0.6) is 17.2 Å². The smallest absolute Gasteiger partial charge is 0.231 e. The van der Waals surface area contributed by atoms with Crippen LogP contribution in [-0.2, 0) is 11.2 Å². The molecule has 0 saturated carbocycles. The van der Waals surface area contributed by atoms with Crippen LogP contribution in [0.25, 0.3) is 0 Å². The van der Waals surface area contributed by atoms with Gasteiger partial charge in [0.25, 0.3) is 0 Å². The second kappa shape index (κ2) is 8.09. The minimum absolute atomic E-state index is 0.0476. The van der Waals surface area contributed by atoms with Crippen LogP contribution in [-0.4, -0.2) is 37.1 Å². The van der Waals surface area contributed by atoms with Crippen molar-refractivity contribution in [1.82, 2.24) is 5.32 Å². The Morgan fingerprint density at radius 2 is 2.04 bits per heavy atom. The molecule has 1 atom stereocenters. The Hall–Kier alpha value is -2.44. The van der Waals surface area contributed by atoms with Gasteiger partial charge in [-0.2, -0.15) is 0 Å². The van der Waals surface area contributed by atoms with E-state index < -0.39 is 6.10 Å². The summed E-state index contributed by atoms with van der Waals surface area (Å²) in [6, 6.07) is 12.3. The topological polar surface area (TPSA) is 77.0 Å². The Bertz CT molecular complexity index is 752. The molecular weight excluding hydrogens is 346 g/mol. The van der Waals surface area contributed by atoms with Crippen molar-refractivity contribution in [2.24, 2.45) is 0 Å². The summed E-state index contributed by atoms with van der Waals surface area (Å²) in [5.74, 6) is 1.63. The molecule has 0 fully saturated rings. The number of carbonyl (C=O) groups excluding carboxylic acids is 1. The summed E-state index contributed by atoms with van der Waals surface area (Å²) >= 11 is 6.02. The third kappa shape index (κ3) is 4.78. The van der Waals surface area contributed by atoms with E-state index in [1.165, 1.54) is 0 Å². The number of hydrogen-bond donors (Lipinski definition) is 2. The lowest BCUT2D eigenvalue weighted by molar-refractivity contribution is -0.121. The lowest BCUT2D eigenvalue weighted by atomic mass is 10.1. The molecule has 0 radical (unpaired) electrons. The monoisotopic (exact) mass is 363 g/mol. The maximum absolute atomic E-state index is 11.9. The predicted octanol–water partition coefficient (Wildman–Crippen LogP) is 2.17. The number of ether oxygens (including phenoxy) is 3. The zero-order chi connectivity index (χ0) is 17.6. The molecule has 1 aliphatic rings. The summed E-state index contributed by atoms with van der Waals surface area (Å²) in [5.41, 5.74) is 0.743. The number of hydrogen-bond acceptors (Lipinski definition) is 5. The molecule has 0 aliphatic carbocycles.